The van der Waals surface area contributed by atoms with Crippen molar-refractivity contribution in [3.8, 4) is 0 Å². The molecule has 6 heteroatoms. The molecule has 150 valence electrons. The SMILES string of the molecule is CCNC(=NCC1(c2cccc(F)c2)CC1)NC1CCN(c2cccs2)CC1. The third-order valence-corrected chi connectivity index (χ3v) is 6.76. The zero-order valence-corrected chi connectivity index (χ0v) is 17.3. The number of piperidine rings is 1. The van der Waals surface area contributed by atoms with Gasteiger partial charge in [-0.2, -0.15) is 0 Å². The Bertz CT molecular complexity index is 793. The summed E-state index contributed by atoms with van der Waals surface area (Å²) in [5, 5.41) is 10.5. The minimum atomic E-state index is -0.157. The van der Waals surface area contributed by atoms with Crippen molar-refractivity contribution in [2.24, 2.45) is 4.99 Å². The summed E-state index contributed by atoms with van der Waals surface area (Å²) in [6.07, 6.45) is 4.38. The number of hydrogen-bond acceptors (Lipinski definition) is 3. The summed E-state index contributed by atoms with van der Waals surface area (Å²) in [7, 11) is 0. The average molecular weight is 401 g/mol. The molecule has 1 aromatic heterocycles. The van der Waals surface area contributed by atoms with Gasteiger partial charge in [0.1, 0.15) is 5.82 Å². The van der Waals surface area contributed by atoms with E-state index in [1.807, 2.05) is 17.4 Å². The topological polar surface area (TPSA) is 39.7 Å². The van der Waals surface area contributed by atoms with Crippen molar-refractivity contribution in [2.75, 3.05) is 31.1 Å². The van der Waals surface area contributed by atoms with Gasteiger partial charge in [-0.05, 0) is 67.8 Å². The summed E-state index contributed by atoms with van der Waals surface area (Å²) in [6, 6.07) is 11.8. The fraction of sp³-hybridized carbons (Fsp3) is 0.500. The maximum Gasteiger partial charge on any atom is 0.191 e. The van der Waals surface area contributed by atoms with Gasteiger partial charge in [-0.25, -0.2) is 4.39 Å². The van der Waals surface area contributed by atoms with Crippen molar-refractivity contribution >= 4 is 22.3 Å². The molecule has 2 N–H and O–H groups in total. The van der Waals surface area contributed by atoms with E-state index in [4.69, 9.17) is 4.99 Å². The second kappa shape index (κ2) is 8.52. The number of rotatable bonds is 6. The quantitative estimate of drug-likeness (QED) is 0.565. The molecule has 4 rings (SSSR count). The second-order valence-electron chi connectivity index (χ2n) is 7.84. The third-order valence-electron chi connectivity index (χ3n) is 5.83. The second-order valence-corrected chi connectivity index (χ2v) is 8.77. The van der Waals surface area contributed by atoms with Crippen LogP contribution in [-0.4, -0.2) is 38.2 Å². The fourth-order valence-corrected chi connectivity index (χ4v) is 4.73. The Labute approximate surface area is 170 Å². The first-order chi connectivity index (χ1) is 13.7. The number of benzene rings is 1. The molecular formula is C22H29FN4S. The normalized spacial score (nSPS) is 19.5. The molecule has 2 aliphatic rings. The summed E-state index contributed by atoms with van der Waals surface area (Å²) in [5.74, 6) is 0.732. The molecular weight excluding hydrogens is 371 g/mol. The van der Waals surface area contributed by atoms with Gasteiger partial charge in [0.25, 0.3) is 0 Å². The Morgan fingerprint density at radius 2 is 2.07 bits per heavy atom. The summed E-state index contributed by atoms with van der Waals surface area (Å²) < 4.78 is 13.6. The molecule has 28 heavy (non-hydrogen) atoms. The number of nitrogens with zero attached hydrogens (tertiary/aromatic N) is 2. The molecule has 0 amide bonds. The lowest BCUT2D eigenvalue weighted by Crippen LogP contribution is -2.48. The average Bonchev–Trinajstić information content (AvgIpc) is 3.30. The summed E-state index contributed by atoms with van der Waals surface area (Å²) in [4.78, 5) is 7.35. The summed E-state index contributed by atoms with van der Waals surface area (Å²) in [6.45, 7) is 5.79. The Balaban J connectivity index is 1.35. The van der Waals surface area contributed by atoms with Crippen LogP contribution in [0.1, 0.15) is 38.2 Å². The number of halogens is 1. The summed E-state index contributed by atoms with van der Waals surface area (Å²) >= 11 is 1.81. The molecule has 2 aromatic rings. The lowest BCUT2D eigenvalue weighted by Gasteiger charge is -2.33. The minimum absolute atomic E-state index is 0.0208. The van der Waals surface area contributed by atoms with Crippen molar-refractivity contribution in [1.82, 2.24) is 10.6 Å². The summed E-state index contributed by atoms with van der Waals surface area (Å²) in [5.41, 5.74) is 1.10. The number of guanidine groups is 1. The minimum Gasteiger partial charge on any atom is -0.363 e. The van der Waals surface area contributed by atoms with Crippen molar-refractivity contribution in [1.29, 1.82) is 0 Å². The molecule has 0 unspecified atom stereocenters. The molecule has 0 bridgehead atoms. The van der Waals surface area contributed by atoms with Crippen molar-refractivity contribution < 1.29 is 4.39 Å². The van der Waals surface area contributed by atoms with Crippen LogP contribution in [0.2, 0.25) is 0 Å². The zero-order chi connectivity index (χ0) is 19.4. The molecule has 1 aromatic carbocycles. The Morgan fingerprint density at radius 1 is 1.25 bits per heavy atom. The van der Waals surface area contributed by atoms with Crippen LogP contribution in [-0.2, 0) is 5.41 Å². The molecule has 1 aliphatic heterocycles. The van der Waals surface area contributed by atoms with E-state index >= 15 is 0 Å². The van der Waals surface area contributed by atoms with Gasteiger partial charge in [0, 0.05) is 31.1 Å². The number of anilines is 1. The van der Waals surface area contributed by atoms with E-state index in [2.05, 4.69) is 40.0 Å². The molecule has 1 aliphatic carbocycles. The van der Waals surface area contributed by atoms with Crippen molar-refractivity contribution in [2.45, 2.75) is 44.1 Å². The molecule has 0 atom stereocenters. The Morgan fingerprint density at radius 3 is 2.71 bits per heavy atom. The predicted octanol–water partition coefficient (Wildman–Crippen LogP) is 4.14. The van der Waals surface area contributed by atoms with Crippen LogP contribution in [0.3, 0.4) is 0 Å². The van der Waals surface area contributed by atoms with Crippen LogP contribution >= 0.6 is 11.3 Å². The van der Waals surface area contributed by atoms with E-state index in [1.165, 1.54) is 11.1 Å². The number of nitrogens with one attached hydrogen (secondary N) is 2. The van der Waals surface area contributed by atoms with E-state index < -0.39 is 0 Å². The highest BCUT2D eigenvalue weighted by Crippen LogP contribution is 2.48. The molecule has 0 spiro atoms. The molecule has 2 heterocycles. The van der Waals surface area contributed by atoms with Gasteiger partial charge in [-0.3, -0.25) is 4.99 Å². The first kappa shape index (κ1) is 19.2. The van der Waals surface area contributed by atoms with Gasteiger partial charge >= 0.3 is 0 Å². The van der Waals surface area contributed by atoms with Gasteiger partial charge in [-0.15, -0.1) is 11.3 Å². The zero-order valence-electron chi connectivity index (χ0n) is 16.5. The van der Waals surface area contributed by atoms with Crippen LogP contribution in [0.4, 0.5) is 9.39 Å². The van der Waals surface area contributed by atoms with Crippen LogP contribution < -0.4 is 15.5 Å². The maximum atomic E-state index is 13.6. The lowest BCUT2D eigenvalue weighted by molar-refractivity contribution is 0.462. The van der Waals surface area contributed by atoms with Gasteiger partial charge in [0.2, 0.25) is 0 Å². The predicted molar refractivity (Wildman–Crippen MR) is 116 cm³/mol. The first-order valence-electron chi connectivity index (χ1n) is 10.3. The number of aliphatic imine (C=N–C) groups is 1. The van der Waals surface area contributed by atoms with Crippen molar-refractivity contribution in [3.63, 3.8) is 0 Å². The lowest BCUT2D eigenvalue weighted by atomic mass is 9.96. The van der Waals surface area contributed by atoms with E-state index in [9.17, 15) is 4.39 Å². The van der Waals surface area contributed by atoms with Crippen LogP contribution in [0.25, 0.3) is 0 Å². The number of hydrogen-bond donors (Lipinski definition) is 2. The smallest absolute Gasteiger partial charge is 0.191 e. The standard InChI is InChI=1S/C22H29FN4S/c1-2-24-21(25-16-22(10-11-22)17-5-3-6-18(23)15-17)26-19-8-12-27(13-9-19)20-7-4-14-28-20/h3-7,14-15,19H,2,8-13,16H2,1H3,(H2,24,25,26). The fourth-order valence-electron chi connectivity index (χ4n) is 3.95. The van der Waals surface area contributed by atoms with Crippen molar-refractivity contribution in [3.05, 3.63) is 53.2 Å². The molecule has 0 radical (unpaired) electrons. The van der Waals surface area contributed by atoms with E-state index in [0.29, 0.717) is 12.6 Å². The highest BCUT2D eigenvalue weighted by Gasteiger charge is 2.44. The molecule has 4 nitrogen and oxygen atoms in total. The third kappa shape index (κ3) is 4.49. The van der Waals surface area contributed by atoms with E-state index in [0.717, 1.165) is 56.8 Å². The Hall–Kier alpha value is -2.08. The molecule has 2 fully saturated rings. The Kier molecular flexibility index (Phi) is 5.85. The van der Waals surface area contributed by atoms with Crippen LogP contribution in [0.15, 0.2) is 46.8 Å². The molecule has 1 saturated carbocycles. The molecule has 1 saturated heterocycles. The van der Waals surface area contributed by atoms with E-state index in [1.54, 1.807) is 12.1 Å². The van der Waals surface area contributed by atoms with Crippen LogP contribution in [0, 0.1) is 5.82 Å². The monoisotopic (exact) mass is 400 g/mol. The van der Waals surface area contributed by atoms with E-state index in [-0.39, 0.29) is 11.2 Å². The highest BCUT2D eigenvalue weighted by molar-refractivity contribution is 7.14. The first-order valence-corrected chi connectivity index (χ1v) is 11.2. The van der Waals surface area contributed by atoms with Gasteiger partial charge in [0.15, 0.2) is 5.96 Å². The van der Waals surface area contributed by atoms with Gasteiger partial charge < -0.3 is 15.5 Å². The van der Waals surface area contributed by atoms with Crippen LogP contribution in [0.5, 0.6) is 0 Å². The maximum absolute atomic E-state index is 13.6. The van der Waals surface area contributed by atoms with Gasteiger partial charge in [0.05, 0.1) is 11.5 Å². The highest BCUT2D eigenvalue weighted by atomic mass is 32.1. The largest absolute Gasteiger partial charge is 0.363 e. The van der Waals surface area contributed by atoms with Gasteiger partial charge in [-0.1, -0.05) is 12.1 Å². The number of thiophene rings is 1.